The number of carbonyl (C=O) groups is 1. The Morgan fingerprint density at radius 3 is 2.30 bits per heavy atom. The van der Waals surface area contributed by atoms with Crippen LogP contribution in [-0.2, 0) is 11.2 Å². The molecule has 3 heteroatoms. The van der Waals surface area contributed by atoms with E-state index in [0.717, 1.165) is 11.1 Å². The molecule has 0 radical (unpaired) electrons. The Morgan fingerprint density at radius 2 is 1.65 bits per heavy atom. The van der Waals surface area contributed by atoms with Crippen molar-refractivity contribution in [1.82, 2.24) is 0 Å². The normalized spacial score (nSPS) is 11.1. The summed E-state index contributed by atoms with van der Waals surface area (Å²) in [6.45, 7) is 3.10. The maximum absolute atomic E-state index is 11.2. The van der Waals surface area contributed by atoms with Gasteiger partial charge in [-0.3, -0.25) is 0 Å². The highest BCUT2D eigenvalue weighted by atomic mass is 16.5. The van der Waals surface area contributed by atoms with Crippen LogP contribution in [-0.4, -0.2) is 16.7 Å². The van der Waals surface area contributed by atoms with Crippen molar-refractivity contribution in [1.29, 1.82) is 0 Å². The van der Waals surface area contributed by atoms with Crippen LogP contribution >= 0.6 is 0 Å². The van der Waals surface area contributed by atoms with E-state index in [1.54, 1.807) is 13.8 Å². The second-order valence-electron chi connectivity index (χ2n) is 5.19. The molecule has 3 nitrogen and oxygen atoms in total. The van der Waals surface area contributed by atoms with Gasteiger partial charge in [0.25, 0.3) is 0 Å². The Labute approximate surface area is 118 Å². The third-order valence-electron chi connectivity index (χ3n) is 3.09. The Balaban J connectivity index is 2.25. The van der Waals surface area contributed by atoms with E-state index in [0.29, 0.717) is 12.2 Å². The Bertz CT molecular complexity index is 588. The van der Waals surface area contributed by atoms with Crippen molar-refractivity contribution in [3.05, 3.63) is 65.7 Å². The molecule has 0 saturated heterocycles. The monoisotopic (exact) mass is 270 g/mol. The molecule has 0 unspecified atom stereocenters. The fraction of sp³-hybridized carbons (Fsp3) is 0.235. The van der Waals surface area contributed by atoms with E-state index >= 15 is 0 Å². The molecule has 0 amide bonds. The van der Waals surface area contributed by atoms with E-state index in [9.17, 15) is 4.79 Å². The van der Waals surface area contributed by atoms with E-state index in [2.05, 4.69) is 0 Å². The van der Waals surface area contributed by atoms with E-state index in [1.807, 2.05) is 54.6 Å². The number of aliphatic carboxylic acids is 1. The van der Waals surface area contributed by atoms with Crippen molar-refractivity contribution in [2.75, 3.05) is 0 Å². The number of rotatable bonds is 5. The van der Waals surface area contributed by atoms with Crippen LogP contribution < -0.4 is 4.74 Å². The van der Waals surface area contributed by atoms with Crippen molar-refractivity contribution in [3.63, 3.8) is 0 Å². The fourth-order valence-corrected chi connectivity index (χ4v) is 1.88. The van der Waals surface area contributed by atoms with Gasteiger partial charge < -0.3 is 9.84 Å². The highest BCUT2D eigenvalue weighted by Gasteiger charge is 2.30. The quantitative estimate of drug-likeness (QED) is 0.904. The maximum atomic E-state index is 11.2. The lowest BCUT2D eigenvalue weighted by molar-refractivity contribution is -0.152. The number of ether oxygens (including phenoxy) is 1. The second kappa shape index (κ2) is 5.78. The van der Waals surface area contributed by atoms with Gasteiger partial charge in [-0.25, -0.2) is 4.79 Å². The van der Waals surface area contributed by atoms with Crippen molar-refractivity contribution in [2.45, 2.75) is 25.9 Å². The van der Waals surface area contributed by atoms with Gasteiger partial charge in [-0.05, 0) is 31.0 Å². The molecular formula is C17H18O3. The van der Waals surface area contributed by atoms with Crippen molar-refractivity contribution >= 4 is 5.97 Å². The average molecular weight is 270 g/mol. The summed E-state index contributed by atoms with van der Waals surface area (Å²) in [6.07, 6.45) is 0.715. The summed E-state index contributed by atoms with van der Waals surface area (Å²) in [4.78, 5) is 11.2. The largest absolute Gasteiger partial charge is 0.478 e. The lowest BCUT2D eigenvalue weighted by Crippen LogP contribution is -2.38. The first-order valence-electron chi connectivity index (χ1n) is 6.53. The molecule has 0 heterocycles. The Kier molecular flexibility index (Phi) is 4.08. The smallest absolute Gasteiger partial charge is 0.347 e. The Morgan fingerprint density at radius 1 is 1.05 bits per heavy atom. The number of carboxylic acid groups (broad SMARTS) is 1. The van der Waals surface area contributed by atoms with Gasteiger partial charge in [0, 0.05) is 6.42 Å². The minimum absolute atomic E-state index is 0.615. The van der Waals surface area contributed by atoms with E-state index < -0.39 is 11.6 Å². The second-order valence-corrected chi connectivity index (χ2v) is 5.19. The van der Waals surface area contributed by atoms with Crippen molar-refractivity contribution in [3.8, 4) is 5.75 Å². The molecule has 0 aliphatic heterocycles. The predicted octanol–water partition coefficient (Wildman–Crippen LogP) is 3.52. The summed E-state index contributed by atoms with van der Waals surface area (Å²) in [6, 6.07) is 17.6. The highest BCUT2D eigenvalue weighted by Crippen LogP contribution is 2.25. The van der Waals surface area contributed by atoms with E-state index in [1.165, 1.54) is 0 Å². The topological polar surface area (TPSA) is 46.5 Å². The van der Waals surface area contributed by atoms with Gasteiger partial charge in [-0.1, -0.05) is 48.5 Å². The predicted molar refractivity (Wildman–Crippen MR) is 78.0 cm³/mol. The standard InChI is InChI=1S/C17H18O3/c1-17(2,16(18)19)20-15-11-7-6-10-14(15)12-13-8-4-3-5-9-13/h3-11H,12H2,1-2H3,(H,18,19). The van der Waals surface area contributed by atoms with Gasteiger partial charge in [-0.2, -0.15) is 0 Å². The molecular weight excluding hydrogens is 252 g/mol. The first-order valence-corrected chi connectivity index (χ1v) is 6.53. The van der Waals surface area contributed by atoms with Crippen molar-refractivity contribution in [2.24, 2.45) is 0 Å². The molecule has 0 spiro atoms. The number of hydrogen-bond acceptors (Lipinski definition) is 2. The zero-order valence-electron chi connectivity index (χ0n) is 11.7. The summed E-state index contributed by atoms with van der Waals surface area (Å²) >= 11 is 0. The minimum Gasteiger partial charge on any atom is -0.478 e. The summed E-state index contributed by atoms with van der Waals surface area (Å²) in [5.74, 6) is -0.365. The molecule has 20 heavy (non-hydrogen) atoms. The van der Waals surface area contributed by atoms with Gasteiger partial charge >= 0.3 is 5.97 Å². The number of carboxylic acids is 1. The van der Waals surface area contributed by atoms with E-state index in [4.69, 9.17) is 9.84 Å². The molecule has 0 bridgehead atoms. The zero-order valence-corrected chi connectivity index (χ0v) is 11.7. The Hall–Kier alpha value is -2.29. The van der Waals surface area contributed by atoms with Crippen LogP contribution in [0.15, 0.2) is 54.6 Å². The number of benzene rings is 2. The first kappa shape index (κ1) is 14.1. The third-order valence-corrected chi connectivity index (χ3v) is 3.09. The van der Waals surface area contributed by atoms with Crippen LogP contribution in [0.3, 0.4) is 0 Å². The molecule has 0 atom stereocenters. The summed E-state index contributed by atoms with van der Waals surface area (Å²) in [5, 5.41) is 9.16. The molecule has 0 aliphatic rings. The molecule has 2 aromatic rings. The van der Waals surface area contributed by atoms with Gasteiger partial charge in [0.1, 0.15) is 5.75 Å². The summed E-state index contributed by atoms with van der Waals surface area (Å²) in [7, 11) is 0. The average Bonchev–Trinajstić information content (AvgIpc) is 2.42. The van der Waals surface area contributed by atoms with Crippen LogP contribution in [0.4, 0.5) is 0 Å². The third kappa shape index (κ3) is 3.38. The molecule has 0 fully saturated rings. The zero-order chi connectivity index (χ0) is 14.6. The van der Waals surface area contributed by atoms with Crippen molar-refractivity contribution < 1.29 is 14.6 Å². The molecule has 0 aromatic heterocycles. The van der Waals surface area contributed by atoms with Gasteiger partial charge in [0.05, 0.1) is 0 Å². The summed E-state index contributed by atoms with van der Waals surface area (Å²) < 4.78 is 5.67. The number of para-hydroxylation sites is 1. The lowest BCUT2D eigenvalue weighted by atomic mass is 10.0. The van der Waals surface area contributed by atoms with Gasteiger partial charge in [0.15, 0.2) is 5.60 Å². The number of hydrogen-bond donors (Lipinski definition) is 1. The van der Waals surface area contributed by atoms with Gasteiger partial charge in [-0.15, -0.1) is 0 Å². The van der Waals surface area contributed by atoms with Gasteiger partial charge in [0.2, 0.25) is 0 Å². The molecule has 0 saturated carbocycles. The van der Waals surface area contributed by atoms with Crippen LogP contribution in [0.5, 0.6) is 5.75 Å². The maximum Gasteiger partial charge on any atom is 0.347 e. The minimum atomic E-state index is -1.24. The van der Waals surface area contributed by atoms with Crippen LogP contribution in [0.25, 0.3) is 0 Å². The first-order chi connectivity index (χ1) is 9.49. The summed E-state index contributed by atoms with van der Waals surface area (Å²) in [5.41, 5.74) is 0.900. The fourth-order valence-electron chi connectivity index (χ4n) is 1.88. The lowest BCUT2D eigenvalue weighted by Gasteiger charge is -2.23. The molecule has 2 rings (SSSR count). The highest BCUT2D eigenvalue weighted by molar-refractivity contribution is 5.76. The van der Waals surface area contributed by atoms with Crippen LogP contribution in [0, 0.1) is 0 Å². The SMILES string of the molecule is CC(C)(Oc1ccccc1Cc1ccccc1)C(=O)O. The van der Waals surface area contributed by atoms with E-state index in [-0.39, 0.29) is 0 Å². The molecule has 2 aromatic carbocycles. The molecule has 0 aliphatic carbocycles. The van der Waals surface area contributed by atoms with Crippen LogP contribution in [0.1, 0.15) is 25.0 Å². The van der Waals surface area contributed by atoms with Crippen LogP contribution in [0.2, 0.25) is 0 Å². The molecule has 104 valence electrons. The molecule has 1 N–H and O–H groups in total.